The molecule has 3 aliphatic rings. The molecular weight excluding hydrogens is 230 g/mol. The third kappa shape index (κ3) is 2.06. The minimum absolute atomic E-state index is 0.0441. The Balaban J connectivity index is 1.57. The van der Waals surface area contributed by atoms with Crippen LogP contribution in [0.1, 0.15) is 39.0 Å². The van der Waals surface area contributed by atoms with Crippen molar-refractivity contribution in [1.29, 1.82) is 0 Å². The van der Waals surface area contributed by atoms with Crippen molar-refractivity contribution in [2.24, 2.45) is 5.16 Å². The first-order valence-electron chi connectivity index (χ1n) is 7.03. The topological polar surface area (TPSA) is 45.1 Å². The molecule has 3 rings (SSSR count). The predicted molar refractivity (Wildman–Crippen MR) is 68.1 cm³/mol. The molecule has 3 heterocycles. The highest BCUT2D eigenvalue weighted by Crippen LogP contribution is 2.24. The molecule has 0 aromatic heterocycles. The highest BCUT2D eigenvalue weighted by molar-refractivity contribution is 5.84. The largest absolute Gasteiger partial charge is 0.388 e. The molecule has 0 aromatic carbocycles. The van der Waals surface area contributed by atoms with Gasteiger partial charge in [-0.1, -0.05) is 5.16 Å². The standard InChI is InChI=1S/C13H21N3O2/c1-10(16-8-4-5-13(16)17)11-9-12(14-18-11)15-6-2-3-7-15/h10-11H,2-9H2,1H3. The van der Waals surface area contributed by atoms with Gasteiger partial charge in [0, 0.05) is 26.1 Å². The van der Waals surface area contributed by atoms with Crippen molar-refractivity contribution in [2.75, 3.05) is 19.6 Å². The lowest BCUT2D eigenvalue weighted by Gasteiger charge is -2.27. The first kappa shape index (κ1) is 11.8. The molecule has 5 nitrogen and oxygen atoms in total. The first-order chi connectivity index (χ1) is 8.75. The number of rotatable bonds is 2. The highest BCUT2D eigenvalue weighted by Gasteiger charge is 2.36. The molecule has 2 saturated heterocycles. The molecule has 0 aromatic rings. The van der Waals surface area contributed by atoms with E-state index in [0.29, 0.717) is 6.42 Å². The molecular formula is C13H21N3O2. The van der Waals surface area contributed by atoms with Gasteiger partial charge in [0.25, 0.3) is 0 Å². The fourth-order valence-corrected chi connectivity index (χ4v) is 3.10. The summed E-state index contributed by atoms with van der Waals surface area (Å²) < 4.78 is 0. The number of hydrogen-bond acceptors (Lipinski definition) is 4. The summed E-state index contributed by atoms with van der Waals surface area (Å²) in [6.45, 7) is 5.16. The zero-order chi connectivity index (χ0) is 12.5. The Morgan fingerprint density at radius 3 is 2.72 bits per heavy atom. The average molecular weight is 251 g/mol. The maximum absolute atomic E-state index is 11.7. The van der Waals surface area contributed by atoms with E-state index in [1.54, 1.807) is 0 Å². The van der Waals surface area contributed by atoms with Crippen LogP contribution in [0.5, 0.6) is 0 Å². The van der Waals surface area contributed by atoms with E-state index in [9.17, 15) is 4.79 Å². The maximum Gasteiger partial charge on any atom is 0.223 e. The lowest BCUT2D eigenvalue weighted by molar-refractivity contribution is -0.132. The average Bonchev–Trinajstić information content (AvgIpc) is 3.09. The predicted octanol–water partition coefficient (Wildman–Crippen LogP) is 1.20. The fraction of sp³-hybridized carbons (Fsp3) is 0.846. The second-order valence-electron chi connectivity index (χ2n) is 5.48. The zero-order valence-corrected chi connectivity index (χ0v) is 11.0. The second kappa shape index (κ2) is 4.78. The minimum atomic E-state index is 0.0441. The van der Waals surface area contributed by atoms with Crippen molar-refractivity contribution in [2.45, 2.75) is 51.2 Å². The Morgan fingerprint density at radius 1 is 1.28 bits per heavy atom. The van der Waals surface area contributed by atoms with Crippen molar-refractivity contribution in [3.63, 3.8) is 0 Å². The molecule has 2 atom stereocenters. The lowest BCUT2D eigenvalue weighted by Crippen LogP contribution is -2.43. The number of amidine groups is 1. The van der Waals surface area contributed by atoms with Crippen LogP contribution >= 0.6 is 0 Å². The Hall–Kier alpha value is -1.26. The van der Waals surface area contributed by atoms with Crippen molar-refractivity contribution in [1.82, 2.24) is 9.80 Å². The van der Waals surface area contributed by atoms with Gasteiger partial charge in [0.2, 0.25) is 5.91 Å². The van der Waals surface area contributed by atoms with E-state index in [1.807, 2.05) is 4.90 Å². The summed E-state index contributed by atoms with van der Waals surface area (Å²) in [5.74, 6) is 1.34. The quantitative estimate of drug-likeness (QED) is 0.740. The van der Waals surface area contributed by atoms with Crippen LogP contribution in [0, 0.1) is 0 Å². The summed E-state index contributed by atoms with van der Waals surface area (Å²) in [5, 5.41) is 4.22. The number of likely N-dealkylation sites (tertiary alicyclic amines) is 2. The molecule has 2 unspecified atom stereocenters. The third-order valence-corrected chi connectivity index (χ3v) is 4.29. The maximum atomic E-state index is 11.7. The van der Waals surface area contributed by atoms with Gasteiger partial charge in [-0.25, -0.2) is 0 Å². The third-order valence-electron chi connectivity index (χ3n) is 4.29. The van der Waals surface area contributed by atoms with E-state index < -0.39 is 0 Å². The van der Waals surface area contributed by atoms with Gasteiger partial charge in [-0.15, -0.1) is 0 Å². The normalized spacial score (nSPS) is 29.7. The Kier molecular flexibility index (Phi) is 3.14. The molecule has 3 aliphatic heterocycles. The Bertz CT molecular complexity index is 363. The molecule has 0 aliphatic carbocycles. The summed E-state index contributed by atoms with van der Waals surface area (Å²) in [7, 11) is 0. The van der Waals surface area contributed by atoms with Crippen molar-refractivity contribution in [3.8, 4) is 0 Å². The van der Waals surface area contributed by atoms with Gasteiger partial charge in [0.05, 0.1) is 12.5 Å². The van der Waals surface area contributed by atoms with Gasteiger partial charge < -0.3 is 14.6 Å². The molecule has 18 heavy (non-hydrogen) atoms. The summed E-state index contributed by atoms with van der Waals surface area (Å²) in [5.41, 5.74) is 0. The molecule has 0 radical (unpaired) electrons. The molecule has 0 bridgehead atoms. The van der Waals surface area contributed by atoms with E-state index in [1.165, 1.54) is 12.8 Å². The molecule has 0 N–H and O–H groups in total. The van der Waals surface area contributed by atoms with Crippen molar-refractivity contribution < 1.29 is 9.63 Å². The molecule has 0 saturated carbocycles. The van der Waals surface area contributed by atoms with Gasteiger partial charge in [-0.2, -0.15) is 0 Å². The lowest BCUT2D eigenvalue weighted by atomic mass is 10.1. The van der Waals surface area contributed by atoms with E-state index >= 15 is 0 Å². The van der Waals surface area contributed by atoms with Crippen LogP contribution in [0.15, 0.2) is 5.16 Å². The molecule has 2 fully saturated rings. The van der Waals surface area contributed by atoms with Crippen LogP contribution in [-0.4, -0.2) is 53.3 Å². The summed E-state index contributed by atoms with van der Waals surface area (Å²) in [6, 6.07) is 0.142. The number of nitrogens with zero attached hydrogens (tertiary/aromatic N) is 3. The van der Waals surface area contributed by atoms with Crippen LogP contribution in [0.25, 0.3) is 0 Å². The number of carbonyl (C=O) groups is 1. The highest BCUT2D eigenvalue weighted by atomic mass is 16.6. The van der Waals surface area contributed by atoms with E-state index in [2.05, 4.69) is 17.0 Å². The molecule has 5 heteroatoms. The molecule has 1 amide bonds. The number of carbonyl (C=O) groups excluding carboxylic acids is 1. The van der Waals surface area contributed by atoms with E-state index in [4.69, 9.17) is 4.84 Å². The van der Waals surface area contributed by atoms with Crippen molar-refractivity contribution in [3.05, 3.63) is 0 Å². The second-order valence-corrected chi connectivity index (χ2v) is 5.48. The zero-order valence-electron chi connectivity index (χ0n) is 11.0. The molecule has 100 valence electrons. The summed E-state index contributed by atoms with van der Waals surface area (Å²) in [4.78, 5) is 21.6. The van der Waals surface area contributed by atoms with Gasteiger partial charge in [0.15, 0.2) is 6.10 Å². The fourth-order valence-electron chi connectivity index (χ4n) is 3.10. The monoisotopic (exact) mass is 251 g/mol. The Morgan fingerprint density at radius 2 is 2.06 bits per heavy atom. The van der Waals surface area contributed by atoms with Gasteiger partial charge in [-0.3, -0.25) is 4.79 Å². The van der Waals surface area contributed by atoms with Gasteiger partial charge >= 0.3 is 0 Å². The Labute approximate surface area is 108 Å². The smallest absolute Gasteiger partial charge is 0.223 e. The number of amides is 1. The van der Waals surface area contributed by atoms with Crippen LogP contribution in [-0.2, 0) is 9.63 Å². The van der Waals surface area contributed by atoms with E-state index in [-0.39, 0.29) is 18.1 Å². The molecule has 0 spiro atoms. The van der Waals surface area contributed by atoms with Crippen LogP contribution in [0.2, 0.25) is 0 Å². The van der Waals surface area contributed by atoms with Crippen LogP contribution in [0.3, 0.4) is 0 Å². The summed E-state index contributed by atoms with van der Waals surface area (Å²) >= 11 is 0. The van der Waals surface area contributed by atoms with Gasteiger partial charge in [-0.05, 0) is 26.2 Å². The van der Waals surface area contributed by atoms with Crippen LogP contribution in [0.4, 0.5) is 0 Å². The SMILES string of the molecule is CC(C1CC(N2CCCC2)=NO1)N1CCCC1=O. The van der Waals surface area contributed by atoms with Crippen molar-refractivity contribution >= 4 is 11.7 Å². The van der Waals surface area contributed by atoms with Gasteiger partial charge in [0.1, 0.15) is 5.84 Å². The van der Waals surface area contributed by atoms with Crippen LogP contribution < -0.4 is 0 Å². The minimum Gasteiger partial charge on any atom is -0.388 e. The van der Waals surface area contributed by atoms with E-state index in [0.717, 1.165) is 38.3 Å². The first-order valence-corrected chi connectivity index (χ1v) is 7.03. The number of oxime groups is 1. The summed E-state index contributed by atoms with van der Waals surface area (Å²) in [6.07, 6.45) is 5.08. The number of hydrogen-bond donors (Lipinski definition) is 0.